The van der Waals surface area contributed by atoms with Gasteiger partial charge in [-0.2, -0.15) is 0 Å². The summed E-state index contributed by atoms with van der Waals surface area (Å²) in [7, 11) is 0. The van der Waals surface area contributed by atoms with Gasteiger partial charge in [0.2, 0.25) is 0 Å². The summed E-state index contributed by atoms with van der Waals surface area (Å²) in [5.41, 5.74) is 2.83. The highest BCUT2D eigenvalue weighted by Crippen LogP contribution is 2.28. The average Bonchev–Trinajstić information content (AvgIpc) is 2.75. The van der Waals surface area contributed by atoms with Crippen molar-refractivity contribution in [1.82, 2.24) is 9.88 Å². The topological polar surface area (TPSA) is 16.1 Å². The second-order valence-electron chi connectivity index (χ2n) is 5.68. The molecule has 0 unspecified atom stereocenters. The third-order valence-electron chi connectivity index (χ3n) is 4.22. The van der Waals surface area contributed by atoms with Crippen LogP contribution in [0.2, 0.25) is 0 Å². The van der Waals surface area contributed by atoms with E-state index in [-0.39, 0.29) is 0 Å². The number of likely N-dealkylation sites (tertiary alicyclic amines) is 1. The van der Waals surface area contributed by atoms with Gasteiger partial charge in [-0.3, -0.25) is 9.88 Å². The second kappa shape index (κ2) is 6.67. The first kappa shape index (κ1) is 13.3. The fourth-order valence-corrected chi connectivity index (χ4v) is 3.12. The number of hydrogen-bond donors (Lipinski definition) is 0. The molecule has 1 saturated heterocycles. The monoisotopic (exact) mass is 266 g/mol. The molecule has 1 atom stereocenters. The van der Waals surface area contributed by atoms with Crippen molar-refractivity contribution >= 4 is 0 Å². The molecule has 0 aliphatic carbocycles. The Morgan fingerprint density at radius 2 is 1.90 bits per heavy atom. The normalized spacial score (nSPS) is 20.5. The van der Waals surface area contributed by atoms with Crippen LogP contribution in [-0.2, 0) is 6.54 Å². The molecule has 2 nitrogen and oxygen atoms in total. The van der Waals surface area contributed by atoms with E-state index in [4.69, 9.17) is 0 Å². The number of pyridine rings is 1. The molecular formula is C18H22N2. The van der Waals surface area contributed by atoms with E-state index in [1.807, 2.05) is 18.5 Å². The SMILES string of the molecule is c1ccc([C@H]2CCCN(Cc3cccnc3)CC2)cc1. The molecule has 3 rings (SSSR count). The Hall–Kier alpha value is -1.67. The minimum Gasteiger partial charge on any atom is -0.299 e. The minimum absolute atomic E-state index is 0.732. The molecule has 2 heteroatoms. The quantitative estimate of drug-likeness (QED) is 0.839. The first-order chi connectivity index (χ1) is 9.92. The van der Waals surface area contributed by atoms with E-state index in [1.54, 1.807) is 0 Å². The third kappa shape index (κ3) is 3.45. The lowest BCUT2D eigenvalue weighted by atomic mass is 9.92. The number of rotatable bonds is 3. The van der Waals surface area contributed by atoms with E-state index in [1.165, 1.54) is 43.5 Å². The van der Waals surface area contributed by atoms with Crippen molar-refractivity contribution in [2.24, 2.45) is 0 Å². The van der Waals surface area contributed by atoms with Crippen LogP contribution in [0.4, 0.5) is 0 Å². The van der Waals surface area contributed by atoms with Gasteiger partial charge < -0.3 is 0 Å². The Balaban J connectivity index is 1.60. The molecule has 0 spiro atoms. The van der Waals surface area contributed by atoms with Crippen LogP contribution in [0.3, 0.4) is 0 Å². The zero-order chi connectivity index (χ0) is 13.6. The zero-order valence-corrected chi connectivity index (χ0v) is 11.9. The van der Waals surface area contributed by atoms with Crippen LogP contribution in [0.15, 0.2) is 54.9 Å². The molecule has 2 heterocycles. The molecule has 1 aliphatic rings. The molecule has 0 bridgehead atoms. The molecule has 0 radical (unpaired) electrons. The molecule has 1 fully saturated rings. The highest BCUT2D eigenvalue weighted by Gasteiger charge is 2.18. The Kier molecular flexibility index (Phi) is 4.44. The van der Waals surface area contributed by atoms with Crippen LogP contribution in [-0.4, -0.2) is 23.0 Å². The maximum Gasteiger partial charge on any atom is 0.0312 e. The summed E-state index contributed by atoms with van der Waals surface area (Å²) < 4.78 is 0. The predicted octanol–water partition coefficient (Wildman–Crippen LogP) is 3.85. The van der Waals surface area contributed by atoms with Gasteiger partial charge in [-0.15, -0.1) is 0 Å². The van der Waals surface area contributed by atoms with Crippen molar-refractivity contribution in [1.29, 1.82) is 0 Å². The van der Waals surface area contributed by atoms with Crippen molar-refractivity contribution in [3.05, 3.63) is 66.0 Å². The van der Waals surface area contributed by atoms with E-state index in [2.05, 4.69) is 46.3 Å². The van der Waals surface area contributed by atoms with Gasteiger partial charge in [0.15, 0.2) is 0 Å². The molecule has 1 aliphatic heterocycles. The van der Waals surface area contributed by atoms with Crippen LogP contribution in [0.5, 0.6) is 0 Å². The standard InChI is InChI=1S/C18H22N2/c1-2-7-17(8-3-1)18-9-5-12-20(13-10-18)15-16-6-4-11-19-14-16/h1-4,6-8,11,14,18H,5,9-10,12-13,15H2/t18-/m0/s1. The van der Waals surface area contributed by atoms with Crippen LogP contribution < -0.4 is 0 Å². The summed E-state index contributed by atoms with van der Waals surface area (Å²) in [6, 6.07) is 15.2. The number of aromatic nitrogens is 1. The Bertz CT molecular complexity index is 509. The van der Waals surface area contributed by atoms with Gasteiger partial charge in [0.25, 0.3) is 0 Å². The van der Waals surface area contributed by atoms with Crippen LogP contribution in [0.1, 0.15) is 36.3 Å². The minimum atomic E-state index is 0.732. The third-order valence-corrected chi connectivity index (χ3v) is 4.22. The van der Waals surface area contributed by atoms with Gasteiger partial charge in [-0.05, 0) is 55.5 Å². The molecular weight excluding hydrogens is 244 g/mol. The molecule has 1 aromatic heterocycles. The Labute approximate surface area is 121 Å². The van der Waals surface area contributed by atoms with E-state index < -0.39 is 0 Å². The van der Waals surface area contributed by atoms with E-state index in [0.717, 1.165) is 12.5 Å². The fourth-order valence-electron chi connectivity index (χ4n) is 3.12. The Morgan fingerprint density at radius 1 is 1.00 bits per heavy atom. The fraction of sp³-hybridized carbons (Fsp3) is 0.389. The van der Waals surface area contributed by atoms with Gasteiger partial charge in [-0.25, -0.2) is 0 Å². The van der Waals surface area contributed by atoms with Crippen LogP contribution >= 0.6 is 0 Å². The van der Waals surface area contributed by atoms with E-state index >= 15 is 0 Å². The lowest BCUT2D eigenvalue weighted by molar-refractivity contribution is 0.275. The van der Waals surface area contributed by atoms with Gasteiger partial charge in [0.05, 0.1) is 0 Å². The van der Waals surface area contributed by atoms with Crippen LogP contribution in [0.25, 0.3) is 0 Å². The highest BCUT2D eigenvalue weighted by atomic mass is 15.1. The van der Waals surface area contributed by atoms with Gasteiger partial charge in [-0.1, -0.05) is 36.4 Å². The predicted molar refractivity (Wildman–Crippen MR) is 82.5 cm³/mol. The van der Waals surface area contributed by atoms with Crippen molar-refractivity contribution in [2.45, 2.75) is 31.7 Å². The lowest BCUT2D eigenvalue weighted by Crippen LogP contribution is -2.24. The molecule has 20 heavy (non-hydrogen) atoms. The molecule has 0 N–H and O–H groups in total. The highest BCUT2D eigenvalue weighted by molar-refractivity contribution is 5.19. The van der Waals surface area contributed by atoms with E-state index in [9.17, 15) is 0 Å². The van der Waals surface area contributed by atoms with Crippen molar-refractivity contribution in [3.8, 4) is 0 Å². The Morgan fingerprint density at radius 3 is 2.70 bits per heavy atom. The van der Waals surface area contributed by atoms with Crippen molar-refractivity contribution in [3.63, 3.8) is 0 Å². The van der Waals surface area contributed by atoms with Crippen LogP contribution in [0, 0.1) is 0 Å². The first-order valence-corrected chi connectivity index (χ1v) is 7.58. The molecule has 1 aromatic carbocycles. The number of hydrogen-bond acceptors (Lipinski definition) is 2. The van der Waals surface area contributed by atoms with Crippen molar-refractivity contribution in [2.75, 3.05) is 13.1 Å². The average molecular weight is 266 g/mol. The maximum absolute atomic E-state index is 4.21. The summed E-state index contributed by atoms with van der Waals surface area (Å²) in [5, 5.41) is 0. The van der Waals surface area contributed by atoms with Gasteiger partial charge in [0, 0.05) is 18.9 Å². The number of benzene rings is 1. The smallest absolute Gasteiger partial charge is 0.0312 e. The number of nitrogens with zero attached hydrogens (tertiary/aromatic N) is 2. The molecule has 104 valence electrons. The second-order valence-corrected chi connectivity index (χ2v) is 5.68. The maximum atomic E-state index is 4.21. The zero-order valence-electron chi connectivity index (χ0n) is 11.9. The van der Waals surface area contributed by atoms with Gasteiger partial charge >= 0.3 is 0 Å². The molecule has 0 amide bonds. The summed E-state index contributed by atoms with van der Waals surface area (Å²) in [6.45, 7) is 3.43. The first-order valence-electron chi connectivity index (χ1n) is 7.58. The summed E-state index contributed by atoms with van der Waals surface area (Å²) >= 11 is 0. The van der Waals surface area contributed by atoms with Crippen molar-refractivity contribution < 1.29 is 0 Å². The molecule has 2 aromatic rings. The lowest BCUT2D eigenvalue weighted by Gasteiger charge is -2.20. The summed E-state index contributed by atoms with van der Waals surface area (Å²) in [4.78, 5) is 6.78. The van der Waals surface area contributed by atoms with E-state index in [0.29, 0.717) is 0 Å². The largest absolute Gasteiger partial charge is 0.299 e. The van der Waals surface area contributed by atoms with Gasteiger partial charge in [0.1, 0.15) is 0 Å². The summed E-state index contributed by atoms with van der Waals surface area (Å²) in [6.07, 6.45) is 7.70. The molecule has 0 saturated carbocycles. The summed E-state index contributed by atoms with van der Waals surface area (Å²) in [5.74, 6) is 0.732.